The fourth-order valence-corrected chi connectivity index (χ4v) is 3.44. The Morgan fingerprint density at radius 1 is 1.38 bits per heavy atom. The molecule has 1 aliphatic heterocycles. The molecule has 3 N–H and O–H groups in total. The average Bonchev–Trinajstić information content (AvgIpc) is 3.21. The van der Waals surface area contributed by atoms with E-state index in [2.05, 4.69) is 20.4 Å². The molecule has 1 amide bonds. The second-order valence-corrected chi connectivity index (χ2v) is 6.47. The topological polar surface area (TPSA) is 81.2 Å². The smallest absolute Gasteiger partial charge is 0.226 e. The number of para-hydroxylation sites is 1. The van der Waals surface area contributed by atoms with E-state index in [4.69, 9.17) is 0 Å². The van der Waals surface area contributed by atoms with Crippen LogP contribution in [0.2, 0.25) is 0 Å². The molecule has 1 saturated heterocycles. The molecule has 2 aromatic rings. The predicted octanol–water partition coefficient (Wildman–Crippen LogP) is 1.46. The quantitative estimate of drug-likeness (QED) is 0.640. The molecule has 0 spiro atoms. The molecular formula is C18H26N4O2. The Bertz CT molecular complexity index is 670. The summed E-state index contributed by atoms with van der Waals surface area (Å²) in [5.41, 5.74) is 1.76. The van der Waals surface area contributed by atoms with Gasteiger partial charge in [-0.05, 0) is 44.8 Å². The Morgan fingerprint density at radius 3 is 3.12 bits per heavy atom. The van der Waals surface area contributed by atoms with E-state index in [1.807, 2.05) is 24.3 Å². The number of unbranched alkanes of at least 4 members (excludes halogenated alkanes) is 1. The Labute approximate surface area is 142 Å². The number of hydrogen-bond donors (Lipinski definition) is 3. The monoisotopic (exact) mass is 330 g/mol. The van der Waals surface area contributed by atoms with Gasteiger partial charge >= 0.3 is 0 Å². The van der Waals surface area contributed by atoms with Crippen LogP contribution < -0.4 is 5.32 Å². The van der Waals surface area contributed by atoms with Gasteiger partial charge in [0.15, 0.2) is 0 Å². The number of amides is 1. The van der Waals surface area contributed by atoms with Gasteiger partial charge in [0.25, 0.3) is 0 Å². The Morgan fingerprint density at radius 2 is 2.25 bits per heavy atom. The van der Waals surface area contributed by atoms with Gasteiger partial charge in [-0.15, -0.1) is 0 Å². The van der Waals surface area contributed by atoms with E-state index in [1.165, 1.54) is 6.42 Å². The molecule has 6 nitrogen and oxygen atoms in total. The molecular weight excluding hydrogens is 304 g/mol. The van der Waals surface area contributed by atoms with Crippen LogP contribution in [-0.2, 0) is 11.2 Å². The maximum atomic E-state index is 12.1. The molecule has 1 unspecified atom stereocenters. The van der Waals surface area contributed by atoms with Crippen molar-refractivity contribution >= 4 is 16.8 Å². The molecule has 0 aliphatic carbocycles. The summed E-state index contributed by atoms with van der Waals surface area (Å²) >= 11 is 0. The SMILES string of the molecule is O=C(Cc1[nH]nc2ccccc12)NCCCCN1CCCC1CO. The van der Waals surface area contributed by atoms with Crippen LogP contribution in [0.15, 0.2) is 24.3 Å². The van der Waals surface area contributed by atoms with Crippen LogP contribution in [0, 0.1) is 0 Å². The summed E-state index contributed by atoms with van der Waals surface area (Å²) in [7, 11) is 0. The summed E-state index contributed by atoms with van der Waals surface area (Å²) in [6.45, 7) is 3.05. The normalized spacial score (nSPS) is 18.3. The number of hydrogen-bond acceptors (Lipinski definition) is 4. The predicted molar refractivity (Wildman–Crippen MR) is 93.7 cm³/mol. The number of carbonyl (C=O) groups excluding carboxylic acids is 1. The molecule has 0 bridgehead atoms. The van der Waals surface area contributed by atoms with Crippen molar-refractivity contribution in [1.82, 2.24) is 20.4 Å². The number of benzene rings is 1. The molecule has 2 heterocycles. The first-order chi connectivity index (χ1) is 11.8. The van der Waals surface area contributed by atoms with Gasteiger partial charge in [0.05, 0.1) is 24.2 Å². The molecule has 1 fully saturated rings. The van der Waals surface area contributed by atoms with Crippen LogP contribution in [-0.4, -0.2) is 58.4 Å². The van der Waals surface area contributed by atoms with Crippen molar-refractivity contribution in [3.05, 3.63) is 30.0 Å². The molecule has 0 radical (unpaired) electrons. The Hall–Kier alpha value is -1.92. The number of H-pyrrole nitrogens is 1. The zero-order valence-electron chi connectivity index (χ0n) is 14.0. The van der Waals surface area contributed by atoms with Gasteiger partial charge in [-0.25, -0.2) is 0 Å². The number of rotatable bonds is 8. The highest BCUT2D eigenvalue weighted by atomic mass is 16.3. The highest BCUT2D eigenvalue weighted by Gasteiger charge is 2.22. The average molecular weight is 330 g/mol. The van der Waals surface area contributed by atoms with Gasteiger partial charge in [0.2, 0.25) is 5.91 Å². The summed E-state index contributed by atoms with van der Waals surface area (Å²) in [5.74, 6) is 0.0267. The Balaban J connectivity index is 1.36. The number of aromatic nitrogens is 2. The number of likely N-dealkylation sites (tertiary alicyclic amines) is 1. The van der Waals surface area contributed by atoms with E-state index < -0.39 is 0 Å². The van der Waals surface area contributed by atoms with Crippen molar-refractivity contribution < 1.29 is 9.90 Å². The zero-order valence-corrected chi connectivity index (χ0v) is 14.0. The van der Waals surface area contributed by atoms with Crippen LogP contribution in [0.3, 0.4) is 0 Å². The third-order valence-corrected chi connectivity index (χ3v) is 4.78. The maximum absolute atomic E-state index is 12.1. The summed E-state index contributed by atoms with van der Waals surface area (Å²) < 4.78 is 0. The van der Waals surface area contributed by atoms with Crippen molar-refractivity contribution in [3.63, 3.8) is 0 Å². The van der Waals surface area contributed by atoms with Gasteiger partial charge in [-0.3, -0.25) is 14.8 Å². The van der Waals surface area contributed by atoms with E-state index in [-0.39, 0.29) is 12.5 Å². The first-order valence-corrected chi connectivity index (χ1v) is 8.81. The van der Waals surface area contributed by atoms with Crippen molar-refractivity contribution in [1.29, 1.82) is 0 Å². The maximum Gasteiger partial charge on any atom is 0.226 e. The number of aromatic amines is 1. The lowest BCUT2D eigenvalue weighted by Gasteiger charge is -2.22. The van der Waals surface area contributed by atoms with Gasteiger partial charge < -0.3 is 10.4 Å². The summed E-state index contributed by atoms with van der Waals surface area (Å²) in [5, 5.41) is 20.5. The summed E-state index contributed by atoms with van der Waals surface area (Å²) in [4.78, 5) is 14.4. The van der Waals surface area contributed by atoms with Gasteiger partial charge in [0, 0.05) is 18.0 Å². The lowest BCUT2D eigenvalue weighted by molar-refractivity contribution is -0.120. The highest BCUT2D eigenvalue weighted by molar-refractivity contribution is 5.87. The fraction of sp³-hybridized carbons (Fsp3) is 0.556. The van der Waals surface area contributed by atoms with Crippen LogP contribution in [0.5, 0.6) is 0 Å². The van der Waals surface area contributed by atoms with E-state index in [9.17, 15) is 9.90 Å². The molecule has 1 aromatic carbocycles. The van der Waals surface area contributed by atoms with Crippen molar-refractivity contribution in [2.24, 2.45) is 0 Å². The zero-order chi connectivity index (χ0) is 16.8. The summed E-state index contributed by atoms with van der Waals surface area (Å²) in [6, 6.07) is 8.15. The van der Waals surface area contributed by atoms with E-state index in [1.54, 1.807) is 0 Å². The van der Waals surface area contributed by atoms with Crippen LogP contribution in [0.4, 0.5) is 0 Å². The standard InChI is InChI=1S/C18H26N4O2/c23-13-14-6-5-11-22(14)10-4-3-9-19-18(24)12-17-15-7-1-2-8-16(15)20-21-17/h1-2,7-8,14,23H,3-6,9-13H2,(H,19,24)(H,20,21). The molecule has 6 heteroatoms. The number of nitrogens with zero attached hydrogens (tertiary/aromatic N) is 2. The molecule has 1 atom stereocenters. The van der Waals surface area contributed by atoms with Crippen LogP contribution in [0.1, 0.15) is 31.4 Å². The highest BCUT2D eigenvalue weighted by Crippen LogP contribution is 2.17. The first-order valence-electron chi connectivity index (χ1n) is 8.81. The van der Waals surface area contributed by atoms with Crippen molar-refractivity contribution in [3.8, 4) is 0 Å². The van der Waals surface area contributed by atoms with Gasteiger partial charge in [0.1, 0.15) is 0 Å². The summed E-state index contributed by atoms with van der Waals surface area (Å²) in [6.07, 6.45) is 4.62. The number of nitrogens with one attached hydrogen (secondary N) is 2. The number of aliphatic hydroxyl groups is 1. The lowest BCUT2D eigenvalue weighted by Crippen LogP contribution is -2.33. The minimum absolute atomic E-state index is 0.0267. The van der Waals surface area contributed by atoms with E-state index in [0.717, 1.165) is 48.9 Å². The van der Waals surface area contributed by atoms with Crippen LogP contribution in [0.25, 0.3) is 10.9 Å². The van der Waals surface area contributed by atoms with Crippen molar-refractivity contribution in [2.75, 3.05) is 26.2 Å². The second-order valence-electron chi connectivity index (χ2n) is 6.47. The van der Waals surface area contributed by atoms with Crippen LogP contribution >= 0.6 is 0 Å². The van der Waals surface area contributed by atoms with Gasteiger partial charge in [-0.2, -0.15) is 5.10 Å². The van der Waals surface area contributed by atoms with E-state index in [0.29, 0.717) is 19.0 Å². The van der Waals surface area contributed by atoms with E-state index >= 15 is 0 Å². The van der Waals surface area contributed by atoms with Crippen molar-refractivity contribution in [2.45, 2.75) is 38.1 Å². The largest absolute Gasteiger partial charge is 0.395 e. The first kappa shape index (κ1) is 16.9. The lowest BCUT2D eigenvalue weighted by atomic mass is 10.1. The third kappa shape index (κ3) is 4.13. The Kier molecular flexibility index (Phi) is 5.82. The number of fused-ring (bicyclic) bond motifs is 1. The molecule has 130 valence electrons. The molecule has 0 saturated carbocycles. The number of aliphatic hydroxyl groups excluding tert-OH is 1. The molecule has 24 heavy (non-hydrogen) atoms. The second kappa shape index (κ2) is 8.26. The molecule has 1 aliphatic rings. The fourth-order valence-electron chi connectivity index (χ4n) is 3.44. The number of carbonyl (C=O) groups is 1. The third-order valence-electron chi connectivity index (χ3n) is 4.78. The minimum atomic E-state index is 0.0267. The van der Waals surface area contributed by atoms with Gasteiger partial charge in [-0.1, -0.05) is 18.2 Å². The molecule has 3 rings (SSSR count). The minimum Gasteiger partial charge on any atom is -0.395 e. The molecule has 1 aromatic heterocycles.